The summed E-state index contributed by atoms with van der Waals surface area (Å²) in [5.74, 6) is 0.263. The second kappa shape index (κ2) is 7.63. The van der Waals surface area contributed by atoms with Gasteiger partial charge in [-0.1, -0.05) is 35.9 Å². The van der Waals surface area contributed by atoms with Gasteiger partial charge in [-0.05, 0) is 36.5 Å². The number of hydrogen-bond acceptors (Lipinski definition) is 3. The van der Waals surface area contributed by atoms with Crippen LogP contribution in [-0.2, 0) is 0 Å². The van der Waals surface area contributed by atoms with E-state index in [1.165, 1.54) is 0 Å². The molecule has 0 aliphatic heterocycles. The average molecular weight is 336 g/mol. The summed E-state index contributed by atoms with van der Waals surface area (Å²) in [6.45, 7) is 0. The number of halogens is 1. The Morgan fingerprint density at radius 2 is 1.77 bits per heavy atom. The van der Waals surface area contributed by atoms with Crippen molar-refractivity contribution in [2.45, 2.75) is 0 Å². The predicted octanol–water partition coefficient (Wildman–Crippen LogP) is 2.98. The third-order valence-electron chi connectivity index (χ3n) is 2.76. The van der Waals surface area contributed by atoms with Gasteiger partial charge in [0.05, 0.1) is 23.4 Å². The van der Waals surface area contributed by atoms with E-state index in [1.807, 2.05) is 18.2 Å². The van der Waals surface area contributed by atoms with Crippen molar-refractivity contribution in [3.05, 3.63) is 59.1 Å². The number of nitrogens with one attached hydrogen (secondary N) is 3. The van der Waals surface area contributed by atoms with Gasteiger partial charge in [0.25, 0.3) is 5.91 Å². The number of hydrogen-bond donors (Lipinski definition) is 3. The highest BCUT2D eigenvalue weighted by atomic mass is 35.5. The zero-order valence-electron chi connectivity index (χ0n) is 11.7. The lowest BCUT2D eigenvalue weighted by Crippen LogP contribution is -2.43. The molecule has 0 fully saturated rings. The fourth-order valence-electron chi connectivity index (χ4n) is 1.73. The Hall–Kier alpha value is -2.31. The molecule has 0 aliphatic rings. The van der Waals surface area contributed by atoms with Crippen LogP contribution in [0.5, 0.6) is 5.75 Å². The largest absolute Gasteiger partial charge is 0.495 e. The minimum atomic E-state index is -0.380. The topological polar surface area (TPSA) is 62.4 Å². The van der Waals surface area contributed by atoms with E-state index >= 15 is 0 Å². The van der Waals surface area contributed by atoms with Crippen LogP contribution in [0.25, 0.3) is 0 Å². The number of hydrazine groups is 1. The normalized spacial score (nSPS) is 9.73. The van der Waals surface area contributed by atoms with Crippen molar-refractivity contribution in [3.63, 3.8) is 0 Å². The summed E-state index contributed by atoms with van der Waals surface area (Å²) in [4.78, 5) is 12.0. The molecule has 0 heterocycles. The van der Waals surface area contributed by atoms with E-state index in [9.17, 15) is 4.79 Å². The maximum absolute atomic E-state index is 12.0. The first-order valence-corrected chi connectivity index (χ1v) is 7.15. The molecule has 1 amide bonds. The van der Waals surface area contributed by atoms with Crippen molar-refractivity contribution in [1.29, 1.82) is 0 Å². The summed E-state index contributed by atoms with van der Waals surface area (Å²) in [5, 5.41) is 3.52. The molecule has 0 bridgehead atoms. The van der Waals surface area contributed by atoms with Crippen molar-refractivity contribution in [1.82, 2.24) is 10.9 Å². The van der Waals surface area contributed by atoms with Crippen LogP contribution >= 0.6 is 23.8 Å². The zero-order chi connectivity index (χ0) is 15.9. The van der Waals surface area contributed by atoms with Crippen LogP contribution in [0.3, 0.4) is 0 Å². The van der Waals surface area contributed by atoms with Crippen molar-refractivity contribution in [3.8, 4) is 5.75 Å². The molecule has 5 nitrogen and oxygen atoms in total. The second-order valence-corrected chi connectivity index (χ2v) is 5.03. The molecule has 2 aromatic carbocycles. The number of carbonyl (C=O) groups is 1. The molecule has 2 aromatic rings. The second-order valence-electron chi connectivity index (χ2n) is 4.21. The summed E-state index contributed by atoms with van der Waals surface area (Å²) >= 11 is 11.1. The number of thiocarbonyl (C=S) groups is 1. The maximum atomic E-state index is 12.0. The quantitative estimate of drug-likeness (QED) is 0.594. The van der Waals surface area contributed by atoms with Crippen LogP contribution in [0, 0.1) is 0 Å². The first-order valence-electron chi connectivity index (χ1n) is 6.36. The number of anilines is 1. The molecule has 0 saturated carbocycles. The Morgan fingerprint density at radius 1 is 1.09 bits per heavy atom. The van der Waals surface area contributed by atoms with E-state index in [2.05, 4.69) is 16.2 Å². The maximum Gasteiger partial charge on any atom is 0.271 e. The highest BCUT2D eigenvalue weighted by molar-refractivity contribution is 7.80. The lowest BCUT2D eigenvalue weighted by molar-refractivity contribution is 0.0944. The molecule has 114 valence electrons. The highest BCUT2D eigenvalue weighted by Gasteiger charge is 2.10. The van der Waals surface area contributed by atoms with Gasteiger partial charge in [0.2, 0.25) is 0 Å². The Kier molecular flexibility index (Phi) is 5.57. The van der Waals surface area contributed by atoms with Crippen molar-refractivity contribution < 1.29 is 9.53 Å². The number of para-hydroxylation sites is 2. The van der Waals surface area contributed by atoms with E-state index in [0.29, 0.717) is 22.0 Å². The van der Waals surface area contributed by atoms with E-state index in [-0.39, 0.29) is 11.0 Å². The molecule has 22 heavy (non-hydrogen) atoms. The highest BCUT2D eigenvalue weighted by Crippen LogP contribution is 2.22. The molecule has 0 aliphatic carbocycles. The van der Waals surface area contributed by atoms with Crippen molar-refractivity contribution in [2.75, 3.05) is 12.4 Å². The first-order chi connectivity index (χ1) is 10.6. The minimum absolute atomic E-state index is 0.227. The third kappa shape index (κ3) is 4.09. The van der Waals surface area contributed by atoms with E-state index in [0.717, 1.165) is 0 Å². The van der Waals surface area contributed by atoms with Crippen LogP contribution in [0.15, 0.2) is 48.5 Å². The van der Waals surface area contributed by atoms with Crippen LogP contribution in [-0.4, -0.2) is 18.1 Å². The van der Waals surface area contributed by atoms with Gasteiger partial charge in [0.1, 0.15) is 5.75 Å². The molecule has 0 atom stereocenters. The molecule has 0 spiro atoms. The van der Waals surface area contributed by atoms with Gasteiger partial charge in [0, 0.05) is 0 Å². The Labute approximate surface area is 138 Å². The van der Waals surface area contributed by atoms with Gasteiger partial charge in [-0.15, -0.1) is 0 Å². The van der Waals surface area contributed by atoms with Gasteiger partial charge >= 0.3 is 0 Å². The van der Waals surface area contributed by atoms with Gasteiger partial charge in [-0.3, -0.25) is 15.6 Å². The molecule has 0 radical (unpaired) electrons. The van der Waals surface area contributed by atoms with E-state index < -0.39 is 0 Å². The predicted molar refractivity (Wildman–Crippen MR) is 91.3 cm³/mol. The standard InChI is InChI=1S/C15H14ClN3O2S/c1-21-13-9-5-4-8-12(13)17-15(22)19-18-14(20)10-6-2-3-7-11(10)16/h2-9H,1H3,(H,18,20)(H2,17,19,22). The number of benzene rings is 2. The first kappa shape index (κ1) is 16.1. The number of carbonyl (C=O) groups excluding carboxylic acids is 1. The summed E-state index contributed by atoms with van der Waals surface area (Å²) < 4.78 is 5.20. The molecule has 7 heteroatoms. The van der Waals surface area contributed by atoms with Gasteiger partial charge in [0.15, 0.2) is 5.11 Å². The van der Waals surface area contributed by atoms with E-state index in [4.69, 9.17) is 28.6 Å². The lowest BCUT2D eigenvalue weighted by Gasteiger charge is -2.14. The molecule has 3 N–H and O–H groups in total. The van der Waals surface area contributed by atoms with Gasteiger partial charge < -0.3 is 10.1 Å². The molecular formula is C15H14ClN3O2S. The summed E-state index contributed by atoms with van der Waals surface area (Å²) in [5.41, 5.74) is 6.14. The third-order valence-corrected chi connectivity index (χ3v) is 3.30. The van der Waals surface area contributed by atoms with E-state index in [1.54, 1.807) is 37.4 Å². The molecule has 0 saturated heterocycles. The van der Waals surface area contributed by atoms with Crippen LogP contribution in [0.4, 0.5) is 5.69 Å². The SMILES string of the molecule is COc1ccccc1NC(=S)NNC(=O)c1ccccc1Cl. The monoisotopic (exact) mass is 335 g/mol. The molecule has 0 unspecified atom stereocenters. The van der Waals surface area contributed by atoms with Crippen molar-refractivity contribution in [2.24, 2.45) is 0 Å². The molecule has 0 aromatic heterocycles. The fourth-order valence-corrected chi connectivity index (χ4v) is 2.11. The van der Waals surface area contributed by atoms with Crippen molar-refractivity contribution >= 4 is 40.5 Å². The lowest BCUT2D eigenvalue weighted by atomic mass is 10.2. The molecular weight excluding hydrogens is 322 g/mol. The zero-order valence-corrected chi connectivity index (χ0v) is 13.3. The van der Waals surface area contributed by atoms with Gasteiger partial charge in [-0.25, -0.2) is 0 Å². The summed E-state index contributed by atoms with van der Waals surface area (Å²) in [6, 6.07) is 14.0. The Bertz CT molecular complexity index is 694. The fraction of sp³-hybridized carbons (Fsp3) is 0.0667. The van der Waals surface area contributed by atoms with Crippen LogP contribution in [0.1, 0.15) is 10.4 Å². The van der Waals surface area contributed by atoms with Crippen LogP contribution in [0.2, 0.25) is 5.02 Å². The smallest absolute Gasteiger partial charge is 0.271 e. The number of methoxy groups -OCH3 is 1. The number of ether oxygens (including phenoxy) is 1. The average Bonchev–Trinajstić information content (AvgIpc) is 2.53. The minimum Gasteiger partial charge on any atom is -0.495 e. The Balaban J connectivity index is 1.93. The van der Waals surface area contributed by atoms with Crippen LogP contribution < -0.4 is 20.9 Å². The number of rotatable bonds is 3. The Morgan fingerprint density at radius 3 is 2.50 bits per heavy atom. The van der Waals surface area contributed by atoms with Gasteiger partial charge in [-0.2, -0.15) is 0 Å². The summed E-state index contributed by atoms with van der Waals surface area (Å²) in [7, 11) is 1.57. The number of amides is 1. The summed E-state index contributed by atoms with van der Waals surface area (Å²) in [6.07, 6.45) is 0. The molecule has 2 rings (SSSR count).